The van der Waals surface area contributed by atoms with Crippen molar-refractivity contribution in [3.63, 3.8) is 0 Å². The number of rotatable bonds is 5. The van der Waals surface area contributed by atoms with Crippen LogP contribution < -0.4 is 10.6 Å². The molecule has 3 N–H and O–H groups in total. The number of fused-ring (bicyclic) bond motifs is 1. The van der Waals surface area contributed by atoms with Crippen LogP contribution >= 0.6 is 12.4 Å². The van der Waals surface area contributed by atoms with Gasteiger partial charge < -0.3 is 15.6 Å². The number of hydrogen-bond donors (Lipinski definition) is 3. The molecule has 1 unspecified atom stereocenters. The Labute approximate surface area is 143 Å². The fraction of sp³-hybridized carbons (Fsp3) is 0.500. The monoisotopic (exact) mass is 335 g/mol. The third-order valence-electron chi connectivity index (χ3n) is 4.63. The van der Waals surface area contributed by atoms with Crippen molar-refractivity contribution in [2.45, 2.75) is 32.6 Å². The maximum absolute atomic E-state index is 12.1. The van der Waals surface area contributed by atoms with Gasteiger partial charge in [0.05, 0.1) is 5.92 Å². The number of aryl methyl sites for hydroxylation is 1. The molecular formula is C18H26ClN3O. The van der Waals surface area contributed by atoms with Gasteiger partial charge in [-0.1, -0.05) is 25.1 Å². The summed E-state index contributed by atoms with van der Waals surface area (Å²) in [5, 5.41) is 7.67. The fourth-order valence-electron chi connectivity index (χ4n) is 3.32. The van der Waals surface area contributed by atoms with Gasteiger partial charge in [-0.05, 0) is 43.4 Å². The highest BCUT2D eigenvalue weighted by molar-refractivity contribution is 5.86. The molecule has 1 saturated heterocycles. The summed E-state index contributed by atoms with van der Waals surface area (Å²) in [7, 11) is 0. The van der Waals surface area contributed by atoms with Gasteiger partial charge in [0.1, 0.15) is 0 Å². The molecule has 0 spiro atoms. The lowest BCUT2D eigenvalue weighted by Crippen LogP contribution is -2.41. The smallest absolute Gasteiger partial charge is 0.224 e. The molecule has 0 aliphatic carbocycles. The number of para-hydroxylation sites is 1. The molecule has 5 heteroatoms. The van der Waals surface area contributed by atoms with Crippen molar-refractivity contribution in [2.24, 2.45) is 5.92 Å². The molecule has 126 valence electrons. The summed E-state index contributed by atoms with van der Waals surface area (Å²) in [5.41, 5.74) is 3.87. The van der Waals surface area contributed by atoms with Crippen LogP contribution in [-0.4, -0.2) is 30.5 Å². The van der Waals surface area contributed by atoms with E-state index in [0.29, 0.717) is 6.54 Å². The number of carbonyl (C=O) groups is 1. The van der Waals surface area contributed by atoms with E-state index in [1.807, 2.05) is 0 Å². The molecule has 2 aromatic rings. The normalized spacial score (nSPS) is 17.7. The third kappa shape index (κ3) is 4.06. The molecule has 1 fully saturated rings. The van der Waals surface area contributed by atoms with Crippen molar-refractivity contribution in [3.05, 3.63) is 35.5 Å². The van der Waals surface area contributed by atoms with Gasteiger partial charge in [-0.15, -0.1) is 12.4 Å². The van der Waals surface area contributed by atoms with Gasteiger partial charge >= 0.3 is 0 Å². The minimum Gasteiger partial charge on any atom is -0.361 e. The first-order chi connectivity index (χ1) is 10.8. The predicted molar refractivity (Wildman–Crippen MR) is 97.2 cm³/mol. The standard InChI is InChI=1S/C18H25N3O.ClH/c1-2-13-5-3-7-16-14(12-21-17(13)16)8-10-20-18(22)15-6-4-9-19-11-15;/h3,5,7,12,15,19,21H,2,4,6,8-11H2,1H3,(H,20,22);1H. The predicted octanol–water partition coefficient (Wildman–Crippen LogP) is 2.81. The van der Waals surface area contributed by atoms with E-state index in [4.69, 9.17) is 0 Å². The summed E-state index contributed by atoms with van der Waals surface area (Å²) in [5.74, 6) is 0.338. The maximum atomic E-state index is 12.1. The van der Waals surface area contributed by atoms with Gasteiger partial charge in [0.25, 0.3) is 0 Å². The number of aromatic amines is 1. The highest BCUT2D eigenvalue weighted by Gasteiger charge is 2.20. The number of benzene rings is 1. The Balaban J connectivity index is 0.00000192. The first-order valence-corrected chi connectivity index (χ1v) is 8.36. The lowest BCUT2D eigenvalue weighted by atomic mass is 9.99. The van der Waals surface area contributed by atoms with Gasteiger partial charge in [0, 0.05) is 30.2 Å². The van der Waals surface area contributed by atoms with Crippen LogP contribution in [0.4, 0.5) is 0 Å². The SMILES string of the molecule is CCc1cccc2c(CCNC(=O)C3CCCNC3)c[nH]c12.Cl. The largest absolute Gasteiger partial charge is 0.361 e. The number of aromatic nitrogens is 1. The van der Waals surface area contributed by atoms with E-state index in [-0.39, 0.29) is 24.2 Å². The second-order valence-corrected chi connectivity index (χ2v) is 6.09. The van der Waals surface area contributed by atoms with Gasteiger partial charge in [-0.25, -0.2) is 0 Å². The second-order valence-electron chi connectivity index (χ2n) is 6.09. The Morgan fingerprint density at radius 1 is 1.35 bits per heavy atom. The summed E-state index contributed by atoms with van der Waals surface area (Å²) >= 11 is 0. The number of piperidine rings is 1. The van der Waals surface area contributed by atoms with Crippen molar-refractivity contribution >= 4 is 29.2 Å². The fourth-order valence-corrected chi connectivity index (χ4v) is 3.32. The number of carbonyl (C=O) groups excluding carboxylic acids is 1. The third-order valence-corrected chi connectivity index (χ3v) is 4.63. The zero-order chi connectivity index (χ0) is 15.4. The molecule has 23 heavy (non-hydrogen) atoms. The zero-order valence-electron chi connectivity index (χ0n) is 13.7. The summed E-state index contributed by atoms with van der Waals surface area (Å²) in [6, 6.07) is 6.44. The van der Waals surface area contributed by atoms with E-state index in [0.717, 1.165) is 38.8 Å². The Morgan fingerprint density at radius 3 is 2.96 bits per heavy atom. The van der Waals surface area contributed by atoms with Gasteiger partial charge in [-0.3, -0.25) is 4.79 Å². The first-order valence-electron chi connectivity index (χ1n) is 8.36. The topological polar surface area (TPSA) is 56.9 Å². The Kier molecular flexibility index (Phi) is 6.48. The van der Waals surface area contributed by atoms with E-state index in [1.165, 1.54) is 22.0 Å². The van der Waals surface area contributed by atoms with Crippen LogP contribution in [-0.2, 0) is 17.6 Å². The minimum atomic E-state index is 0. The van der Waals surface area contributed by atoms with E-state index in [1.54, 1.807) is 0 Å². The van der Waals surface area contributed by atoms with Gasteiger partial charge in [0.2, 0.25) is 5.91 Å². The lowest BCUT2D eigenvalue weighted by Gasteiger charge is -2.21. The summed E-state index contributed by atoms with van der Waals surface area (Å²) in [6.07, 6.45) is 6.09. The summed E-state index contributed by atoms with van der Waals surface area (Å²) < 4.78 is 0. The Bertz CT molecular complexity index is 647. The van der Waals surface area contributed by atoms with Crippen LogP contribution in [0.25, 0.3) is 10.9 Å². The van der Waals surface area contributed by atoms with Gasteiger partial charge in [-0.2, -0.15) is 0 Å². The quantitative estimate of drug-likeness (QED) is 0.787. The molecule has 2 heterocycles. The number of H-pyrrole nitrogens is 1. The van der Waals surface area contributed by atoms with Crippen LogP contribution in [0.3, 0.4) is 0 Å². The molecule has 1 amide bonds. The van der Waals surface area contributed by atoms with Crippen LogP contribution in [0.2, 0.25) is 0 Å². The van der Waals surface area contributed by atoms with Crippen LogP contribution in [0.1, 0.15) is 30.9 Å². The van der Waals surface area contributed by atoms with Crippen molar-refractivity contribution in [3.8, 4) is 0 Å². The van der Waals surface area contributed by atoms with Crippen molar-refractivity contribution in [1.29, 1.82) is 0 Å². The Morgan fingerprint density at radius 2 is 2.22 bits per heavy atom. The van der Waals surface area contributed by atoms with Crippen molar-refractivity contribution < 1.29 is 4.79 Å². The highest BCUT2D eigenvalue weighted by atomic mass is 35.5. The first kappa shape index (κ1) is 17.8. The zero-order valence-corrected chi connectivity index (χ0v) is 14.5. The van der Waals surface area contributed by atoms with Crippen LogP contribution in [0.5, 0.6) is 0 Å². The van der Waals surface area contributed by atoms with E-state index >= 15 is 0 Å². The van der Waals surface area contributed by atoms with Crippen LogP contribution in [0.15, 0.2) is 24.4 Å². The number of hydrogen-bond acceptors (Lipinski definition) is 2. The molecule has 1 atom stereocenters. The van der Waals surface area contributed by atoms with Crippen molar-refractivity contribution in [1.82, 2.24) is 15.6 Å². The molecule has 1 aliphatic heterocycles. The van der Waals surface area contributed by atoms with E-state index in [2.05, 4.69) is 46.9 Å². The van der Waals surface area contributed by atoms with Crippen LogP contribution in [0, 0.1) is 5.92 Å². The van der Waals surface area contributed by atoms with E-state index < -0.39 is 0 Å². The average molecular weight is 336 g/mol. The molecular weight excluding hydrogens is 310 g/mol. The number of nitrogens with one attached hydrogen (secondary N) is 3. The Hall–Kier alpha value is -1.52. The molecule has 0 radical (unpaired) electrons. The molecule has 3 rings (SSSR count). The molecule has 4 nitrogen and oxygen atoms in total. The number of amides is 1. The average Bonchev–Trinajstić information content (AvgIpc) is 2.99. The summed E-state index contributed by atoms with van der Waals surface area (Å²) in [6.45, 7) is 4.74. The highest BCUT2D eigenvalue weighted by Crippen LogP contribution is 2.22. The maximum Gasteiger partial charge on any atom is 0.224 e. The molecule has 0 saturated carbocycles. The second kappa shape index (κ2) is 8.37. The molecule has 1 aliphatic rings. The lowest BCUT2D eigenvalue weighted by molar-refractivity contribution is -0.125. The molecule has 1 aromatic heterocycles. The summed E-state index contributed by atoms with van der Waals surface area (Å²) in [4.78, 5) is 15.5. The number of halogens is 1. The van der Waals surface area contributed by atoms with Gasteiger partial charge in [0.15, 0.2) is 0 Å². The molecule has 1 aromatic carbocycles. The van der Waals surface area contributed by atoms with E-state index in [9.17, 15) is 4.79 Å². The minimum absolute atomic E-state index is 0. The molecule has 0 bridgehead atoms. The van der Waals surface area contributed by atoms with Crippen molar-refractivity contribution in [2.75, 3.05) is 19.6 Å².